The molecular formula is C17H23F3N2O3. The summed E-state index contributed by atoms with van der Waals surface area (Å²) in [5, 5.41) is 10.2. The zero-order chi connectivity index (χ0) is 18.9. The summed E-state index contributed by atoms with van der Waals surface area (Å²) < 4.78 is 31.7. The van der Waals surface area contributed by atoms with Gasteiger partial charge in [0, 0.05) is 6.04 Å². The monoisotopic (exact) mass is 360 g/mol. The summed E-state index contributed by atoms with van der Waals surface area (Å²) in [6.07, 6.45) is 1.47. The van der Waals surface area contributed by atoms with Crippen LogP contribution in [0.4, 0.5) is 13.2 Å². The summed E-state index contributed by atoms with van der Waals surface area (Å²) in [6.45, 7) is 0. The standard InChI is InChI=1S/C15H22N2O.C2HF3O2/c16-14(11-12-7-3-1-4-8-12)15(18)17-13-9-5-2-6-10-13;3-2(4,5)1(6)7/h1,3-4,7-8,13-14H,2,5-6,9-11,16H2,(H,17,18);(H,6,7). The molecule has 5 nitrogen and oxygen atoms in total. The molecule has 8 heteroatoms. The van der Waals surface area contributed by atoms with Crippen LogP contribution in [0.1, 0.15) is 37.7 Å². The third kappa shape index (κ3) is 8.53. The fraction of sp³-hybridized carbons (Fsp3) is 0.529. The molecule has 1 amide bonds. The number of carboxylic acids is 1. The van der Waals surface area contributed by atoms with Gasteiger partial charge in [-0.3, -0.25) is 4.79 Å². The molecule has 4 N–H and O–H groups in total. The van der Waals surface area contributed by atoms with Crippen LogP contribution >= 0.6 is 0 Å². The van der Waals surface area contributed by atoms with E-state index in [4.69, 9.17) is 15.6 Å². The Labute approximate surface area is 144 Å². The van der Waals surface area contributed by atoms with Crippen LogP contribution < -0.4 is 11.1 Å². The lowest BCUT2D eigenvalue weighted by Gasteiger charge is -2.24. The second-order valence-electron chi connectivity index (χ2n) is 5.94. The largest absolute Gasteiger partial charge is 0.490 e. The van der Waals surface area contributed by atoms with E-state index in [1.54, 1.807) is 0 Å². The first-order valence-electron chi connectivity index (χ1n) is 8.10. The van der Waals surface area contributed by atoms with Crippen molar-refractivity contribution in [2.75, 3.05) is 0 Å². The number of aliphatic carboxylic acids is 1. The molecule has 25 heavy (non-hydrogen) atoms. The maximum absolute atomic E-state index is 12.0. The number of nitrogens with two attached hydrogens (primary N) is 1. The van der Waals surface area contributed by atoms with E-state index in [0.29, 0.717) is 12.5 Å². The lowest BCUT2D eigenvalue weighted by Crippen LogP contribution is -2.46. The van der Waals surface area contributed by atoms with E-state index in [1.165, 1.54) is 19.3 Å². The third-order valence-corrected chi connectivity index (χ3v) is 3.83. The molecule has 0 saturated heterocycles. The highest BCUT2D eigenvalue weighted by atomic mass is 19.4. The number of carboxylic acid groups (broad SMARTS) is 1. The minimum atomic E-state index is -5.08. The number of alkyl halides is 3. The van der Waals surface area contributed by atoms with Crippen LogP contribution in [0.3, 0.4) is 0 Å². The van der Waals surface area contributed by atoms with Gasteiger partial charge in [0.15, 0.2) is 0 Å². The summed E-state index contributed by atoms with van der Waals surface area (Å²) in [7, 11) is 0. The third-order valence-electron chi connectivity index (χ3n) is 3.83. The van der Waals surface area contributed by atoms with Crippen molar-refractivity contribution in [3.63, 3.8) is 0 Å². The zero-order valence-corrected chi connectivity index (χ0v) is 13.8. The number of nitrogens with one attached hydrogen (secondary N) is 1. The highest BCUT2D eigenvalue weighted by Crippen LogP contribution is 2.17. The maximum atomic E-state index is 12.0. The van der Waals surface area contributed by atoms with Crippen molar-refractivity contribution in [3.8, 4) is 0 Å². The topological polar surface area (TPSA) is 92.4 Å². The molecule has 2 rings (SSSR count). The van der Waals surface area contributed by atoms with Crippen molar-refractivity contribution in [1.82, 2.24) is 5.32 Å². The van der Waals surface area contributed by atoms with Crippen molar-refractivity contribution in [1.29, 1.82) is 0 Å². The van der Waals surface area contributed by atoms with Crippen LogP contribution in [0.25, 0.3) is 0 Å². The van der Waals surface area contributed by atoms with Gasteiger partial charge in [-0.2, -0.15) is 13.2 Å². The normalized spacial score (nSPS) is 16.3. The molecule has 1 atom stereocenters. The van der Waals surface area contributed by atoms with E-state index in [1.807, 2.05) is 30.3 Å². The van der Waals surface area contributed by atoms with Gasteiger partial charge in [-0.05, 0) is 24.8 Å². The Balaban J connectivity index is 0.000000381. The van der Waals surface area contributed by atoms with E-state index >= 15 is 0 Å². The van der Waals surface area contributed by atoms with E-state index in [-0.39, 0.29) is 5.91 Å². The fourth-order valence-corrected chi connectivity index (χ4v) is 2.52. The van der Waals surface area contributed by atoms with Crippen molar-refractivity contribution >= 4 is 11.9 Å². The average molecular weight is 360 g/mol. The molecule has 1 aromatic carbocycles. The van der Waals surface area contributed by atoms with E-state index < -0.39 is 18.2 Å². The molecule has 0 aliphatic heterocycles. The Morgan fingerprint density at radius 2 is 1.68 bits per heavy atom. The Hall–Kier alpha value is -2.09. The number of halogens is 3. The van der Waals surface area contributed by atoms with Crippen molar-refractivity contribution in [2.24, 2.45) is 5.73 Å². The molecule has 0 aromatic heterocycles. The first kappa shape index (κ1) is 21.0. The number of carbonyl (C=O) groups excluding carboxylic acids is 1. The van der Waals surface area contributed by atoms with Crippen LogP contribution in [-0.4, -0.2) is 35.2 Å². The summed E-state index contributed by atoms with van der Waals surface area (Å²) in [4.78, 5) is 20.9. The molecule has 1 fully saturated rings. The molecule has 1 unspecified atom stereocenters. The Kier molecular flexibility index (Phi) is 8.40. The minimum absolute atomic E-state index is 0.00856. The maximum Gasteiger partial charge on any atom is 0.490 e. The summed E-state index contributed by atoms with van der Waals surface area (Å²) in [6, 6.07) is 9.84. The highest BCUT2D eigenvalue weighted by Gasteiger charge is 2.38. The summed E-state index contributed by atoms with van der Waals surface area (Å²) in [5.41, 5.74) is 7.07. The van der Waals surface area contributed by atoms with Crippen molar-refractivity contribution in [2.45, 2.75) is 56.8 Å². The average Bonchev–Trinajstić information content (AvgIpc) is 2.56. The van der Waals surface area contributed by atoms with Gasteiger partial charge in [-0.15, -0.1) is 0 Å². The quantitative estimate of drug-likeness (QED) is 0.770. The number of benzene rings is 1. The highest BCUT2D eigenvalue weighted by molar-refractivity contribution is 5.82. The predicted octanol–water partition coefficient (Wildman–Crippen LogP) is 2.64. The van der Waals surface area contributed by atoms with Gasteiger partial charge in [-0.25, -0.2) is 4.79 Å². The lowest BCUT2D eigenvalue weighted by molar-refractivity contribution is -0.192. The molecule has 1 aliphatic carbocycles. The number of hydrogen-bond donors (Lipinski definition) is 3. The Morgan fingerprint density at radius 3 is 2.16 bits per heavy atom. The SMILES string of the molecule is NC(Cc1ccccc1)C(=O)NC1CCCCC1.O=C(O)C(F)(F)F. The molecule has 0 spiro atoms. The molecule has 0 bridgehead atoms. The molecular weight excluding hydrogens is 337 g/mol. The van der Waals surface area contributed by atoms with Crippen molar-refractivity contribution < 1.29 is 27.9 Å². The number of amides is 1. The summed E-state index contributed by atoms with van der Waals surface area (Å²) in [5.74, 6) is -2.77. The second kappa shape index (κ2) is 10.0. The predicted molar refractivity (Wildman–Crippen MR) is 86.8 cm³/mol. The molecule has 1 aliphatic rings. The van der Waals surface area contributed by atoms with Crippen LogP contribution in [0.5, 0.6) is 0 Å². The van der Waals surface area contributed by atoms with Crippen LogP contribution in [0, 0.1) is 0 Å². The van der Waals surface area contributed by atoms with Crippen LogP contribution in [0.15, 0.2) is 30.3 Å². The van der Waals surface area contributed by atoms with Gasteiger partial charge in [-0.1, -0.05) is 49.6 Å². The Bertz CT molecular complexity index is 544. The minimum Gasteiger partial charge on any atom is -0.475 e. The van der Waals surface area contributed by atoms with E-state index in [2.05, 4.69) is 5.32 Å². The van der Waals surface area contributed by atoms with Gasteiger partial charge in [0.2, 0.25) is 5.91 Å². The molecule has 0 heterocycles. The number of hydrogen-bond acceptors (Lipinski definition) is 3. The molecule has 1 aromatic rings. The fourth-order valence-electron chi connectivity index (χ4n) is 2.52. The molecule has 0 radical (unpaired) electrons. The van der Waals surface area contributed by atoms with Gasteiger partial charge in [0.05, 0.1) is 6.04 Å². The van der Waals surface area contributed by atoms with Crippen LogP contribution in [0.2, 0.25) is 0 Å². The van der Waals surface area contributed by atoms with Crippen LogP contribution in [-0.2, 0) is 16.0 Å². The molecule has 140 valence electrons. The summed E-state index contributed by atoms with van der Waals surface area (Å²) >= 11 is 0. The van der Waals surface area contributed by atoms with Gasteiger partial charge in [0.1, 0.15) is 0 Å². The van der Waals surface area contributed by atoms with E-state index in [0.717, 1.165) is 18.4 Å². The van der Waals surface area contributed by atoms with Crippen molar-refractivity contribution in [3.05, 3.63) is 35.9 Å². The first-order chi connectivity index (χ1) is 11.7. The van der Waals surface area contributed by atoms with Gasteiger partial charge >= 0.3 is 12.1 Å². The first-order valence-corrected chi connectivity index (χ1v) is 8.10. The molecule has 1 saturated carbocycles. The lowest BCUT2D eigenvalue weighted by atomic mass is 9.95. The number of rotatable bonds is 4. The van der Waals surface area contributed by atoms with E-state index in [9.17, 15) is 18.0 Å². The zero-order valence-electron chi connectivity index (χ0n) is 13.8. The number of carbonyl (C=O) groups is 2. The smallest absolute Gasteiger partial charge is 0.475 e. The van der Waals surface area contributed by atoms with Gasteiger partial charge in [0.25, 0.3) is 0 Å². The second-order valence-corrected chi connectivity index (χ2v) is 5.94. The van der Waals surface area contributed by atoms with Gasteiger partial charge < -0.3 is 16.2 Å². The Morgan fingerprint density at radius 1 is 1.16 bits per heavy atom.